The van der Waals surface area contributed by atoms with Crippen molar-refractivity contribution in [2.24, 2.45) is 0 Å². The van der Waals surface area contributed by atoms with Crippen LogP contribution in [-0.2, 0) is 9.53 Å². The zero-order chi connectivity index (χ0) is 23.0. The molecule has 3 aromatic carbocycles. The molecule has 1 N–H and O–H groups in total. The fraction of sp³-hybridized carbons (Fsp3) is 0.0833. The predicted molar refractivity (Wildman–Crippen MR) is 115 cm³/mol. The number of ether oxygens (including phenoxy) is 1. The molecular weight excluding hydrogens is 437 g/mol. The number of esters is 1. The molecule has 0 aromatic heterocycles. The number of amides is 1. The molecule has 0 aliphatic heterocycles. The maximum Gasteiger partial charge on any atom is 0.341 e. The summed E-state index contributed by atoms with van der Waals surface area (Å²) in [5.74, 6) is -3.18. The molecule has 3 aromatic rings. The van der Waals surface area contributed by atoms with E-state index in [9.17, 15) is 23.6 Å². The molecule has 8 heteroatoms. The topological polar surface area (TPSA) is 89.5 Å². The van der Waals surface area contributed by atoms with E-state index < -0.39 is 29.4 Å². The van der Waals surface area contributed by atoms with Crippen LogP contribution in [0, 0.1) is 5.82 Å². The molecular formula is C24H15ClFNO5. The Kier molecular flexibility index (Phi) is 5.59. The lowest BCUT2D eigenvalue weighted by molar-refractivity contribution is -0.123. The Balaban J connectivity index is 1.50. The summed E-state index contributed by atoms with van der Waals surface area (Å²) in [5.41, 5.74) is 0.870. The van der Waals surface area contributed by atoms with Crippen molar-refractivity contribution in [3.8, 4) is 0 Å². The molecule has 4 rings (SSSR count). The monoisotopic (exact) mass is 451 g/mol. The van der Waals surface area contributed by atoms with E-state index in [2.05, 4.69) is 5.32 Å². The first kappa shape index (κ1) is 21.4. The molecule has 0 saturated heterocycles. The van der Waals surface area contributed by atoms with Gasteiger partial charge in [-0.25, -0.2) is 9.18 Å². The average Bonchev–Trinajstić information content (AvgIpc) is 2.78. The van der Waals surface area contributed by atoms with Crippen LogP contribution in [0.4, 0.5) is 10.1 Å². The van der Waals surface area contributed by atoms with E-state index in [1.165, 1.54) is 31.2 Å². The van der Waals surface area contributed by atoms with Crippen LogP contribution in [0.15, 0.2) is 60.7 Å². The van der Waals surface area contributed by atoms with Crippen LogP contribution < -0.4 is 5.32 Å². The molecule has 1 amide bonds. The highest BCUT2D eigenvalue weighted by molar-refractivity contribution is 6.31. The molecule has 0 fully saturated rings. The van der Waals surface area contributed by atoms with Gasteiger partial charge in [0.15, 0.2) is 17.7 Å². The van der Waals surface area contributed by atoms with Gasteiger partial charge in [0.25, 0.3) is 5.91 Å². The molecule has 160 valence electrons. The molecule has 1 unspecified atom stereocenters. The third-order valence-corrected chi connectivity index (χ3v) is 5.23. The largest absolute Gasteiger partial charge is 0.449 e. The lowest BCUT2D eigenvalue weighted by Crippen LogP contribution is -2.30. The second-order valence-corrected chi connectivity index (χ2v) is 7.56. The van der Waals surface area contributed by atoms with Gasteiger partial charge in [-0.05, 0) is 43.3 Å². The Bertz CT molecular complexity index is 1300. The van der Waals surface area contributed by atoms with Gasteiger partial charge >= 0.3 is 5.97 Å². The van der Waals surface area contributed by atoms with E-state index in [1.807, 2.05) is 0 Å². The van der Waals surface area contributed by atoms with Gasteiger partial charge < -0.3 is 10.1 Å². The summed E-state index contributed by atoms with van der Waals surface area (Å²) in [6.45, 7) is 1.32. The first-order valence-electron chi connectivity index (χ1n) is 9.55. The fourth-order valence-electron chi connectivity index (χ4n) is 3.35. The number of hydrogen-bond donors (Lipinski definition) is 1. The summed E-state index contributed by atoms with van der Waals surface area (Å²) >= 11 is 5.77. The highest BCUT2D eigenvalue weighted by atomic mass is 35.5. The maximum absolute atomic E-state index is 13.8. The molecule has 0 spiro atoms. The Morgan fingerprint density at radius 1 is 0.906 bits per heavy atom. The molecule has 32 heavy (non-hydrogen) atoms. The number of halogens is 2. The van der Waals surface area contributed by atoms with E-state index in [1.54, 1.807) is 24.3 Å². The number of fused-ring (bicyclic) bond motifs is 2. The smallest absolute Gasteiger partial charge is 0.341 e. The number of ketones is 2. The van der Waals surface area contributed by atoms with Crippen molar-refractivity contribution in [1.82, 2.24) is 0 Å². The predicted octanol–water partition coefficient (Wildman–Crippen LogP) is 4.44. The number of nitrogens with one attached hydrogen (secondary N) is 1. The number of benzene rings is 3. The van der Waals surface area contributed by atoms with Crippen LogP contribution in [0.25, 0.3) is 0 Å². The van der Waals surface area contributed by atoms with Crippen LogP contribution in [0.2, 0.25) is 5.02 Å². The number of anilines is 1. The van der Waals surface area contributed by atoms with Crippen molar-refractivity contribution >= 4 is 40.7 Å². The van der Waals surface area contributed by atoms with Gasteiger partial charge in [-0.1, -0.05) is 35.9 Å². The summed E-state index contributed by atoms with van der Waals surface area (Å²) in [7, 11) is 0. The summed E-state index contributed by atoms with van der Waals surface area (Å²) in [6.07, 6.45) is -1.27. The van der Waals surface area contributed by atoms with Gasteiger partial charge in [-0.3, -0.25) is 14.4 Å². The standard InChI is InChI=1S/C24H15ClFNO5/c1-12(32-24(31)19-10-13(25)6-9-20(19)26)23(30)27-14-7-8-17-18(11-14)22(29)16-5-3-2-4-15(16)21(17)28/h2-12H,1H3,(H,27,30). The normalized spacial score (nSPS) is 13.1. The van der Waals surface area contributed by atoms with Gasteiger partial charge in [0.2, 0.25) is 0 Å². The highest BCUT2D eigenvalue weighted by Crippen LogP contribution is 2.29. The molecule has 6 nitrogen and oxygen atoms in total. The summed E-state index contributed by atoms with van der Waals surface area (Å²) < 4.78 is 18.9. The zero-order valence-electron chi connectivity index (χ0n) is 16.6. The summed E-state index contributed by atoms with van der Waals surface area (Å²) in [4.78, 5) is 50.1. The van der Waals surface area contributed by atoms with Crippen molar-refractivity contribution in [3.05, 3.63) is 99.3 Å². The molecule has 0 bridgehead atoms. The van der Waals surface area contributed by atoms with Crippen LogP contribution in [-0.4, -0.2) is 29.5 Å². The molecule has 0 heterocycles. The number of rotatable bonds is 4. The Morgan fingerprint density at radius 3 is 2.22 bits per heavy atom. The summed E-state index contributed by atoms with van der Waals surface area (Å²) in [6, 6.07) is 14.2. The molecule has 1 aliphatic rings. The Labute approximate surface area is 187 Å². The summed E-state index contributed by atoms with van der Waals surface area (Å²) in [5, 5.41) is 2.68. The minimum atomic E-state index is -1.27. The second kappa shape index (κ2) is 8.36. The van der Waals surface area contributed by atoms with Gasteiger partial charge in [0, 0.05) is 33.0 Å². The minimum Gasteiger partial charge on any atom is -0.449 e. The lowest BCUT2D eigenvalue weighted by Gasteiger charge is -2.19. The quantitative estimate of drug-likeness (QED) is 0.463. The van der Waals surface area contributed by atoms with Gasteiger partial charge in [-0.2, -0.15) is 0 Å². The number of carbonyl (C=O) groups excluding carboxylic acids is 4. The SMILES string of the molecule is CC(OC(=O)c1cc(Cl)ccc1F)C(=O)Nc1ccc2c(c1)C(=O)c1ccccc1C2=O. The van der Waals surface area contributed by atoms with Gasteiger partial charge in [0.1, 0.15) is 5.82 Å². The molecule has 0 radical (unpaired) electrons. The Hall–Kier alpha value is -3.84. The van der Waals surface area contributed by atoms with E-state index in [0.717, 1.165) is 12.1 Å². The second-order valence-electron chi connectivity index (χ2n) is 7.13. The van der Waals surface area contributed by atoms with Crippen molar-refractivity contribution in [2.75, 3.05) is 5.32 Å². The van der Waals surface area contributed by atoms with Crippen molar-refractivity contribution < 1.29 is 28.3 Å². The van der Waals surface area contributed by atoms with E-state index in [0.29, 0.717) is 11.1 Å². The van der Waals surface area contributed by atoms with Crippen LogP contribution in [0.5, 0.6) is 0 Å². The lowest BCUT2D eigenvalue weighted by atomic mass is 9.84. The van der Waals surface area contributed by atoms with E-state index in [4.69, 9.17) is 16.3 Å². The van der Waals surface area contributed by atoms with Crippen LogP contribution in [0.3, 0.4) is 0 Å². The highest BCUT2D eigenvalue weighted by Gasteiger charge is 2.30. The number of carbonyl (C=O) groups is 4. The molecule has 1 aliphatic carbocycles. The van der Waals surface area contributed by atoms with Crippen LogP contribution >= 0.6 is 11.6 Å². The first-order valence-corrected chi connectivity index (χ1v) is 9.93. The number of hydrogen-bond acceptors (Lipinski definition) is 5. The third-order valence-electron chi connectivity index (χ3n) is 4.99. The zero-order valence-corrected chi connectivity index (χ0v) is 17.4. The van der Waals surface area contributed by atoms with Crippen molar-refractivity contribution in [2.45, 2.75) is 13.0 Å². The van der Waals surface area contributed by atoms with Crippen LogP contribution in [0.1, 0.15) is 49.1 Å². The van der Waals surface area contributed by atoms with Gasteiger partial charge in [-0.15, -0.1) is 0 Å². The van der Waals surface area contributed by atoms with Crippen molar-refractivity contribution in [3.63, 3.8) is 0 Å². The maximum atomic E-state index is 13.8. The average molecular weight is 452 g/mol. The van der Waals surface area contributed by atoms with E-state index >= 15 is 0 Å². The molecule has 1 atom stereocenters. The fourth-order valence-corrected chi connectivity index (χ4v) is 3.52. The Morgan fingerprint density at radius 2 is 1.53 bits per heavy atom. The minimum absolute atomic E-state index is 0.144. The first-order chi connectivity index (χ1) is 15.3. The molecule has 0 saturated carbocycles. The third kappa shape index (κ3) is 3.90. The van der Waals surface area contributed by atoms with Crippen molar-refractivity contribution in [1.29, 1.82) is 0 Å². The van der Waals surface area contributed by atoms with Gasteiger partial charge in [0.05, 0.1) is 5.56 Å². The van der Waals surface area contributed by atoms with E-state index in [-0.39, 0.29) is 33.4 Å².